The maximum atomic E-state index is 12.9. The fourth-order valence-corrected chi connectivity index (χ4v) is 8.60. The van der Waals surface area contributed by atoms with Gasteiger partial charge in [-0.25, -0.2) is 0 Å². The van der Waals surface area contributed by atoms with E-state index in [9.17, 15) is 14.4 Å². The number of hydrogen-bond donors (Lipinski definition) is 0. The predicted octanol–water partition coefficient (Wildman–Crippen LogP) is 20.5. The number of carbonyl (C=O) groups is 3. The number of rotatable bonds is 55. The van der Waals surface area contributed by atoms with Crippen LogP contribution in [0.2, 0.25) is 0 Å². The van der Waals surface area contributed by atoms with Gasteiger partial charge in [-0.15, -0.1) is 0 Å². The second kappa shape index (κ2) is 59.4. The summed E-state index contributed by atoms with van der Waals surface area (Å²) in [7, 11) is 0. The van der Waals surface area contributed by atoms with Gasteiger partial charge in [-0.05, 0) is 109 Å². The highest BCUT2D eigenvalue weighted by Crippen LogP contribution is 2.16. The van der Waals surface area contributed by atoms with Gasteiger partial charge < -0.3 is 14.2 Å². The summed E-state index contributed by atoms with van der Waals surface area (Å²) in [4.78, 5) is 38.2. The zero-order chi connectivity index (χ0) is 51.4. The molecule has 0 aliphatic heterocycles. The molecule has 0 aliphatic rings. The summed E-state index contributed by atoms with van der Waals surface area (Å²) in [5.74, 6) is -0.889. The molecule has 0 saturated carbocycles. The summed E-state index contributed by atoms with van der Waals surface area (Å²) in [6, 6.07) is 0. The van der Waals surface area contributed by atoms with E-state index in [0.717, 1.165) is 103 Å². The highest BCUT2D eigenvalue weighted by atomic mass is 16.6. The largest absolute Gasteiger partial charge is 0.462 e. The topological polar surface area (TPSA) is 78.9 Å². The molecule has 6 heteroatoms. The second-order valence-corrected chi connectivity index (χ2v) is 20.2. The van der Waals surface area contributed by atoms with Gasteiger partial charge in [-0.1, -0.05) is 248 Å². The highest BCUT2D eigenvalue weighted by molar-refractivity contribution is 5.71. The van der Waals surface area contributed by atoms with Crippen LogP contribution in [0.15, 0.2) is 72.9 Å². The van der Waals surface area contributed by atoms with Gasteiger partial charge in [0, 0.05) is 19.3 Å². The number of allylic oxidation sites excluding steroid dienone is 12. The van der Waals surface area contributed by atoms with E-state index in [-0.39, 0.29) is 31.1 Å². The number of unbranched alkanes of at least 4 members (excludes halogenated alkanes) is 32. The molecular weight excluding hydrogens is 877 g/mol. The third kappa shape index (κ3) is 57.6. The van der Waals surface area contributed by atoms with Crippen LogP contribution in [0.4, 0.5) is 0 Å². The summed E-state index contributed by atoms with van der Waals surface area (Å²) in [6.45, 7) is 6.52. The van der Waals surface area contributed by atoms with Crippen LogP contribution < -0.4 is 0 Å². The average molecular weight is 992 g/mol. The van der Waals surface area contributed by atoms with Crippen LogP contribution in [-0.4, -0.2) is 37.2 Å². The molecule has 0 saturated heterocycles. The molecular formula is C65H114O6. The molecule has 0 N–H and O–H groups in total. The van der Waals surface area contributed by atoms with Crippen molar-refractivity contribution in [2.75, 3.05) is 13.2 Å². The maximum Gasteiger partial charge on any atom is 0.306 e. The molecule has 0 spiro atoms. The summed E-state index contributed by atoms with van der Waals surface area (Å²) in [5, 5.41) is 0. The minimum atomic E-state index is -0.783. The van der Waals surface area contributed by atoms with Gasteiger partial charge in [0.2, 0.25) is 0 Å². The fourth-order valence-electron chi connectivity index (χ4n) is 8.60. The lowest BCUT2D eigenvalue weighted by atomic mass is 10.0. The Bertz CT molecular complexity index is 1320. The van der Waals surface area contributed by atoms with E-state index >= 15 is 0 Å². The summed E-state index contributed by atoms with van der Waals surface area (Å²) in [6.07, 6.45) is 76.1. The molecule has 6 nitrogen and oxygen atoms in total. The van der Waals surface area contributed by atoms with Crippen LogP contribution in [0.3, 0.4) is 0 Å². The Hall–Kier alpha value is -3.15. The summed E-state index contributed by atoms with van der Waals surface area (Å²) < 4.78 is 16.9. The van der Waals surface area contributed by atoms with Crippen LogP contribution in [0, 0.1) is 0 Å². The standard InChI is InChI=1S/C65H114O6/c1-4-7-10-13-16-19-22-25-28-29-30-31-32-33-34-35-36-37-38-41-43-46-49-52-55-58-64(67)70-61-62(71-65(68)59-56-53-50-47-44-40-27-24-21-18-15-12-9-6-3)60-69-63(66)57-54-51-48-45-42-39-26-23-20-17-14-11-8-5-2/h7,10,16,19,23-28,30-31,62H,4-6,8-9,11-15,17-18,20-22,29,32-61H2,1-3H3/b10-7-,19-16-,26-23-,27-24-,28-25-,31-30-. The van der Waals surface area contributed by atoms with Crippen molar-refractivity contribution in [2.24, 2.45) is 0 Å². The van der Waals surface area contributed by atoms with E-state index in [2.05, 4.69) is 93.7 Å². The Morgan fingerprint density at radius 2 is 0.549 bits per heavy atom. The number of carbonyl (C=O) groups excluding carboxylic acids is 3. The third-order valence-corrected chi connectivity index (χ3v) is 13.2. The van der Waals surface area contributed by atoms with E-state index < -0.39 is 6.10 Å². The Labute approximate surface area is 440 Å². The molecule has 0 heterocycles. The van der Waals surface area contributed by atoms with Crippen molar-refractivity contribution in [1.29, 1.82) is 0 Å². The van der Waals surface area contributed by atoms with E-state index in [1.54, 1.807) is 0 Å². The smallest absolute Gasteiger partial charge is 0.306 e. The molecule has 0 fully saturated rings. The lowest BCUT2D eigenvalue weighted by Gasteiger charge is -2.18. The molecule has 0 amide bonds. The molecule has 0 aromatic rings. The van der Waals surface area contributed by atoms with Crippen molar-refractivity contribution in [3.63, 3.8) is 0 Å². The highest BCUT2D eigenvalue weighted by Gasteiger charge is 2.19. The molecule has 0 rings (SSSR count). The van der Waals surface area contributed by atoms with E-state index in [4.69, 9.17) is 14.2 Å². The van der Waals surface area contributed by atoms with Gasteiger partial charge in [-0.3, -0.25) is 14.4 Å². The van der Waals surface area contributed by atoms with Crippen LogP contribution in [0.5, 0.6) is 0 Å². The van der Waals surface area contributed by atoms with Gasteiger partial charge in [0.05, 0.1) is 0 Å². The first-order chi connectivity index (χ1) is 35.0. The van der Waals surface area contributed by atoms with E-state index in [0.29, 0.717) is 19.3 Å². The molecule has 410 valence electrons. The Morgan fingerprint density at radius 3 is 0.873 bits per heavy atom. The van der Waals surface area contributed by atoms with Crippen LogP contribution in [-0.2, 0) is 28.6 Å². The summed E-state index contributed by atoms with van der Waals surface area (Å²) in [5.41, 5.74) is 0. The zero-order valence-electron chi connectivity index (χ0n) is 47.0. The van der Waals surface area contributed by atoms with Crippen molar-refractivity contribution in [3.05, 3.63) is 72.9 Å². The fraction of sp³-hybridized carbons (Fsp3) is 0.769. The lowest BCUT2D eigenvalue weighted by molar-refractivity contribution is -0.167. The Balaban J connectivity index is 4.29. The van der Waals surface area contributed by atoms with Crippen LogP contribution >= 0.6 is 0 Å². The minimum absolute atomic E-state index is 0.0807. The van der Waals surface area contributed by atoms with Gasteiger partial charge in [0.1, 0.15) is 13.2 Å². The molecule has 0 aliphatic carbocycles. The van der Waals surface area contributed by atoms with Crippen LogP contribution in [0.25, 0.3) is 0 Å². The lowest BCUT2D eigenvalue weighted by Crippen LogP contribution is -2.30. The number of hydrogen-bond acceptors (Lipinski definition) is 6. The Kier molecular flexibility index (Phi) is 56.8. The second-order valence-electron chi connectivity index (χ2n) is 20.2. The van der Waals surface area contributed by atoms with Gasteiger partial charge in [0.25, 0.3) is 0 Å². The van der Waals surface area contributed by atoms with Crippen molar-refractivity contribution >= 4 is 17.9 Å². The first-order valence-corrected chi connectivity index (χ1v) is 30.4. The van der Waals surface area contributed by atoms with E-state index in [1.807, 2.05) is 0 Å². The molecule has 0 aromatic heterocycles. The molecule has 0 aromatic carbocycles. The van der Waals surface area contributed by atoms with Crippen LogP contribution in [0.1, 0.15) is 303 Å². The molecule has 71 heavy (non-hydrogen) atoms. The van der Waals surface area contributed by atoms with Crippen molar-refractivity contribution < 1.29 is 28.6 Å². The number of ether oxygens (including phenoxy) is 3. The SMILES string of the molecule is CC/C=C\C/C=C\C/C=C\C/C=C\CCCCCCCCCCCCCCC(=O)OCC(COC(=O)CCCCCCC/C=C\CCCCCCC)OC(=O)CCCCCCC/C=C\CCCCCCC. The Morgan fingerprint density at radius 1 is 0.296 bits per heavy atom. The molecule has 0 radical (unpaired) electrons. The quantitative estimate of drug-likeness (QED) is 0.0261. The molecule has 0 bridgehead atoms. The average Bonchev–Trinajstić information content (AvgIpc) is 3.37. The maximum absolute atomic E-state index is 12.9. The zero-order valence-corrected chi connectivity index (χ0v) is 47.0. The molecule has 1 atom stereocenters. The van der Waals surface area contributed by atoms with Gasteiger partial charge in [-0.2, -0.15) is 0 Å². The predicted molar refractivity (Wildman–Crippen MR) is 307 cm³/mol. The monoisotopic (exact) mass is 991 g/mol. The first-order valence-electron chi connectivity index (χ1n) is 30.4. The van der Waals surface area contributed by atoms with Crippen molar-refractivity contribution in [1.82, 2.24) is 0 Å². The first kappa shape index (κ1) is 67.8. The van der Waals surface area contributed by atoms with Crippen molar-refractivity contribution in [2.45, 2.75) is 309 Å². The van der Waals surface area contributed by atoms with Gasteiger partial charge in [0.15, 0.2) is 6.10 Å². The van der Waals surface area contributed by atoms with Gasteiger partial charge >= 0.3 is 17.9 Å². The minimum Gasteiger partial charge on any atom is -0.462 e. The normalized spacial score (nSPS) is 12.5. The van der Waals surface area contributed by atoms with Crippen molar-refractivity contribution in [3.8, 4) is 0 Å². The molecule has 1 unspecified atom stereocenters. The summed E-state index contributed by atoms with van der Waals surface area (Å²) >= 11 is 0. The third-order valence-electron chi connectivity index (χ3n) is 13.2. The van der Waals surface area contributed by atoms with E-state index in [1.165, 1.54) is 161 Å². The number of esters is 3.